The lowest BCUT2D eigenvalue weighted by atomic mass is 10.2. The summed E-state index contributed by atoms with van der Waals surface area (Å²) in [7, 11) is 0. The zero-order valence-corrected chi connectivity index (χ0v) is 17.0. The largest absolute Gasteiger partial charge is 0.449 e. The Morgan fingerprint density at radius 3 is 2.54 bits per heavy atom. The molecule has 2 rings (SSSR count). The number of hydrogen-bond acceptors (Lipinski definition) is 4. The summed E-state index contributed by atoms with van der Waals surface area (Å²) in [5.41, 5.74) is 1.73. The summed E-state index contributed by atoms with van der Waals surface area (Å²) in [6, 6.07) is 5.28. The molecule has 0 aliphatic heterocycles. The van der Waals surface area contributed by atoms with Crippen LogP contribution in [0.3, 0.4) is 0 Å². The Balaban J connectivity index is 1.96. The SMILES string of the molecule is Cc1nn(CC(C)C)c(Cl)c1/C=C/C(=O)O[C@@H](C)C(=O)Nc1ccc(F)cc1. The van der Waals surface area contributed by atoms with Crippen LogP contribution in [0, 0.1) is 18.7 Å². The zero-order chi connectivity index (χ0) is 20.8. The second-order valence-electron chi connectivity index (χ2n) is 6.77. The molecule has 0 fully saturated rings. The number of ether oxygens (including phenoxy) is 1. The monoisotopic (exact) mass is 407 g/mol. The van der Waals surface area contributed by atoms with Crippen molar-refractivity contribution in [2.45, 2.75) is 40.3 Å². The molecule has 0 aliphatic rings. The molecule has 0 unspecified atom stereocenters. The van der Waals surface area contributed by atoms with Crippen LogP contribution in [0.1, 0.15) is 32.0 Å². The quantitative estimate of drug-likeness (QED) is 0.550. The number of anilines is 1. The molecule has 1 atom stereocenters. The smallest absolute Gasteiger partial charge is 0.331 e. The van der Waals surface area contributed by atoms with Crippen LogP contribution < -0.4 is 5.32 Å². The number of esters is 1. The van der Waals surface area contributed by atoms with E-state index < -0.39 is 23.8 Å². The first-order valence-corrected chi connectivity index (χ1v) is 9.23. The highest BCUT2D eigenvalue weighted by molar-refractivity contribution is 6.31. The van der Waals surface area contributed by atoms with Gasteiger partial charge in [0.1, 0.15) is 11.0 Å². The molecule has 0 radical (unpaired) electrons. The van der Waals surface area contributed by atoms with E-state index in [1.165, 1.54) is 43.3 Å². The maximum absolute atomic E-state index is 12.9. The van der Waals surface area contributed by atoms with Crippen LogP contribution in [-0.2, 0) is 20.9 Å². The van der Waals surface area contributed by atoms with Crippen molar-refractivity contribution in [3.63, 3.8) is 0 Å². The number of amides is 1. The van der Waals surface area contributed by atoms with Gasteiger partial charge in [-0.1, -0.05) is 25.4 Å². The normalized spacial score (nSPS) is 12.4. The number of carbonyl (C=O) groups excluding carboxylic acids is 2. The summed E-state index contributed by atoms with van der Waals surface area (Å²) in [5.74, 6) is -1.24. The maximum Gasteiger partial charge on any atom is 0.331 e. The summed E-state index contributed by atoms with van der Waals surface area (Å²) in [5, 5.41) is 7.35. The van der Waals surface area contributed by atoms with E-state index >= 15 is 0 Å². The van der Waals surface area contributed by atoms with Gasteiger partial charge in [-0.25, -0.2) is 9.18 Å². The van der Waals surface area contributed by atoms with E-state index in [0.717, 1.165) is 0 Å². The molecule has 1 aromatic heterocycles. The Morgan fingerprint density at radius 1 is 1.29 bits per heavy atom. The van der Waals surface area contributed by atoms with Crippen LogP contribution in [0.4, 0.5) is 10.1 Å². The first-order valence-electron chi connectivity index (χ1n) is 8.85. The fourth-order valence-corrected chi connectivity index (χ4v) is 2.73. The van der Waals surface area contributed by atoms with Crippen LogP contribution in [0.5, 0.6) is 0 Å². The minimum atomic E-state index is -1.03. The van der Waals surface area contributed by atoms with Gasteiger partial charge >= 0.3 is 5.97 Å². The van der Waals surface area contributed by atoms with Gasteiger partial charge in [0, 0.05) is 23.9 Å². The fraction of sp³-hybridized carbons (Fsp3) is 0.350. The van der Waals surface area contributed by atoms with Crippen molar-refractivity contribution in [3.05, 3.63) is 52.6 Å². The van der Waals surface area contributed by atoms with Gasteiger partial charge < -0.3 is 10.1 Å². The summed E-state index contributed by atoms with van der Waals surface area (Å²) >= 11 is 6.32. The van der Waals surface area contributed by atoms with Gasteiger partial charge in [0.05, 0.1) is 5.69 Å². The van der Waals surface area contributed by atoms with E-state index in [4.69, 9.17) is 16.3 Å². The number of rotatable bonds is 7. The Bertz CT molecular complexity index is 876. The Hall–Kier alpha value is -2.67. The van der Waals surface area contributed by atoms with Crippen molar-refractivity contribution < 1.29 is 18.7 Å². The lowest BCUT2D eigenvalue weighted by Gasteiger charge is -2.12. The molecule has 0 aliphatic carbocycles. The molecule has 6 nitrogen and oxygen atoms in total. The lowest BCUT2D eigenvalue weighted by Crippen LogP contribution is -2.29. The van der Waals surface area contributed by atoms with Gasteiger partial charge in [-0.3, -0.25) is 9.48 Å². The predicted molar refractivity (Wildman–Crippen MR) is 106 cm³/mol. The Labute approximate surface area is 168 Å². The van der Waals surface area contributed by atoms with Gasteiger partial charge in [-0.2, -0.15) is 5.10 Å². The summed E-state index contributed by atoms with van der Waals surface area (Å²) in [6.07, 6.45) is 1.70. The van der Waals surface area contributed by atoms with Crippen LogP contribution in [0.25, 0.3) is 6.08 Å². The van der Waals surface area contributed by atoms with E-state index in [-0.39, 0.29) is 0 Å². The Morgan fingerprint density at radius 2 is 1.93 bits per heavy atom. The van der Waals surface area contributed by atoms with Crippen LogP contribution in [0.2, 0.25) is 5.15 Å². The van der Waals surface area contributed by atoms with Gasteiger partial charge in [-0.15, -0.1) is 0 Å². The standard InChI is InChI=1S/C20H23ClFN3O3/c1-12(2)11-25-19(21)17(13(3)24-25)9-10-18(26)28-14(4)20(27)23-16-7-5-15(22)6-8-16/h5-10,12,14H,11H2,1-4H3,(H,23,27)/b10-9+/t14-/m0/s1. The van der Waals surface area contributed by atoms with E-state index in [0.29, 0.717) is 34.6 Å². The van der Waals surface area contributed by atoms with Crippen molar-refractivity contribution in [3.8, 4) is 0 Å². The molecule has 1 amide bonds. The molecular formula is C20H23ClFN3O3. The fourth-order valence-electron chi connectivity index (χ4n) is 2.42. The van der Waals surface area contributed by atoms with E-state index in [1.54, 1.807) is 11.6 Å². The number of benzene rings is 1. The number of halogens is 2. The summed E-state index contributed by atoms with van der Waals surface area (Å²) in [4.78, 5) is 24.1. The third kappa shape index (κ3) is 5.92. The molecule has 1 N–H and O–H groups in total. The number of nitrogens with one attached hydrogen (secondary N) is 1. The molecule has 0 spiro atoms. The maximum atomic E-state index is 12.9. The van der Waals surface area contributed by atoms with Crippen LogP contribution in [-0.4, -0.2) is 27.8 Å². The summed E-state index contributed by atoms with van der Waals surface area (Å²) in [6.45, 7) is 8.02. The van der Waals surface area contributed by atoms with Crippen molar-refractivity contribution in [1.82, 2.24) is 9.78 Å². The molecule has 0 saturated carbocycles. The molecule has 150 valence electrons. The van der Waals surface area contributed by atoms with Crippen molar-refractivity contribution in [2.24, 2.45) is 5.92 Å². The number of aryl methyl sites for hydroxylation is 1. The highest BCUT2D eigenvalue weighted by Crippen LogP contribution is 2.22. The zero-order valence-electron chi connectivity index (χ0n) is 16.2. The Kier molecular flexibility index (Phi) is 7.34. The van der Waals surface area contributed by atoms with Crippen molar-refractivity contribution in [1.29, 1.82) is 0 Å². The van der Waals surface area contributed by atoms with Gasteiger partial charge in [0.25, 0.3) is 5.91 Å². The minimum Gasteiger partial charge on any atom is -0.449 e. The van der Waals surface area contributed by atoms with Crippen LogP contribution >= 0.6 is 11.6 Å². The molecule has 0 saturated heterocycles. The predicted octanol–water partition coefficient (Wildman–Crippen LogP) is 4.22. The van der Waals surface area contributed by atoms with Gasteiger partial charge in [0.2, 0.25) is 0 Å². The molecular weight excluding hydrogens is 385 g/mol. The average Bonchev–Trinajstić information content (AvgIpc) is 2.87. The third-order valence-corrected chi connectivity index (χ3v) is 4.21. The molecule has 1 aromatic carbocycles. The van der Waals surface area contributed by atoms with Crippen molar-refractivity contribution in [2.75, 3.05) is 5.32 Å². The molecule has 0 bridgehead atoms. The second kappa shape index (κ2) is 9.50. The third-order valence-electron chi connectivity index (χ3n) is 3.81. The second-order valence-corrected chi connectivity index (χ2v) is 7.13. The highest BCUT2D eigenvalue weighted by atomic mass is 35.5. The summed E-state index contributed by atoms with van der Waals surface area (Å²) < 4.78 is 19.7. The van der Waals surface area contributed by atoms with E-state index in [1.807, 2.05) is 0 Å². The average molecular weight is 408 g/mol. The van der Waals surface area contributed by atoms with E-state index in [9.17, 15) is 14.0 Å². The lowest BCUT2D eigenvalue weighted by molar-refractivity contribution is -0.148. The van der Waals surface area contributed by atoms with E-state index in [2.05, 4.69) is 24.3 Å². The topological polar surface area (TPSA) is 73.2 Å². The number of hydrogen-bond donors (Lipinski definition) is 1. The number of aromatic nitrogens is 2. The number of carbonyl (C=O) groups is 2. The molecule has 8 heteroatoms. The minimum absolute atomic E-state index is 0.374. The van der Waals surface area contributed by atoms with Gasteiger partial charge in [-0.05, 0) is 50.1 Å². The first-order chi connectivity index (χ1) is 13.2. The first kappa shape index (κ1) is 21.6. The van der Waals surface area contributed by atoms with Crippen molar-refractivity contribution >= 4 is 35.2 Å². The highest BCUT2D eigenvalue weighted by Gasteiger charge is 2.17. The number of nitrogens with zero attached hydrogens (tertiary/aromatic N) is 2. The van der Waals surface area contributed by atoms with Crippen LogP contribution in [0.15, 0.2) is 30.3 Å². The molecule has 2 aromatic rings. The molecule has 1 heterocycles. The van der Waals surface area contributed by atoms with Gasteiger partial charge in [0.15, 0.2) is 6.10 Å². The molecule has 28 heavy (non-hydrogen) atoms.